The van der Waals surface area contributed by atoms with E-state index >= 15 is 0 Å². The first-order chi connectivity index (χ1) is 11.7. The lowest BCUT2D eigenvalue weighted by molar-refractivity contribution is -0.114. The number of rotatable bonds is 3. The highest BCUT2D eigenvalue weighted by Gasteiger charge is 2.27. The molecule has 1 amide bonds. The maximum absolute atomic E-state index is 11.3. The van der Waals surface area contributed by atoms with Crippen LogP contribution in [0.3, 0.4) is 0 Å². The topological polar surface area (TPSA) is 87.0 Å². The van der Waals surface area contributed by atoms with E-state index in [1.54, 1.807) is 6.20 Å². The maximum Gasteiger partial charge on any atom is 0.298 e. The van der Waals surface area contributed by atoms with E-state index in [0.29, 0.717) is 6.01 Å². The molecule has 0 radical (unpaired) electrons. The van der Waals surface area contributed by atoms with Gasteiger partial charge in [-0.1, -0.05) is 12.1 Å². The lowest BCUT2D eigenvalue weighted by Crippen LogP contribution is -2.35. The monoisotopic (exact) mass is 325 g/mol. The summed E-state index contributed by atoms with van der Waals surface area (Å²) in [6.45, 7) is 3.19. The molecule has 0 aliphatic carbocycles. The predicted octanol–water partition coefficient (Wildman–Crippen LogP) is 2.89. The quantitative estimate of drug-likeness (QED) is 0.773. The number of carbonyl (C=O) groups is 1. The average Bonchev–Trinajstić information content (AvgIpc) is 3.21. The molecule has 0 spiro atoms. The summed E-state index contributed by atoms with van der Waals surface area (Å²) in [6.07, 6.45) is 3.72. The molecule has 0 bridgehead atoms. The molecule has 4 rings (SSSR count). The van der Waals surface area contributed by atoms with Gasteiger partial charge in [0.15, 0.2) is 5.58 Å². The van der Waals surface area contributed by atoms with E-state index < -0.39 is 0 Å². The number of carbonyl (C=O) groups excluding carboxylic acids is 1. The Labute approximate surface area is 139 Å². The number of amides is 1. The van der Waals surface area contributed by atoms with Crippen LogP contribution in [0.5, 0.6) is 0 Å². The van der Waals surface area contributed by atoms with E-state index in [9.17, 15) is 4.79 Å². The lowest BCUT2D eigenvalue weighted by Gasteiger charge is -2.31. The number of nitrogens with one attached hydrogen (secondary N) is 2. The van der Waals surface area contributed by atoms with Crippen molar-refractivity contribution in [2.75, 3.05) is 23.3 Å². The number of para-hydroxylation sites is 2. The third-order valence-electron chi connectivity index (χ3n) is 4.36. The zero-order valence-electron chi connectivity index (χ0n) is 13.5. The molecule has 7 heteroatoms. The zero-order chi connectivity index (χ0) is 16.5. The van der Waals surface area contributed by atoms with Crippen molar-refractivity contribution in [3.05, 3.63) is 36.2 Å². The molecule has 1 unspecified atom stereocenters. The number of anilines is 2. The second-order valence-corrected chi connectivity index (χ2v) is 6.13. The minimum atomic E-state index is -0.0933. The second kappa shape index (κ2) is 5.99. The summed E-state index contributed by atoms with van der Waals surface area (Å²) in [5.74, 6) is 0.155. The summed E-state index contributed by atoms with van der Waals surface area (Å²) < 4.78 is 5.89. The second-order valence-electron chi connectivity index (χ2n) is 6.13. The third kappa shape index (κ3) is 2.73. The van der Waals surface area contributed by atoms with Gasteiger partial charge < -0.3 is 14.6 Å². The number of hydrogen-bond donors (Lipinski definition) is 2. The standard InChI is InChI=1S/C17H19N5O2/c1-11(23)19-14-9-18-21-16(14)12-5-4-8-22(10-12)17-20-13-6-2-3-7-15(13)24-17/h2-3,6-7,9,12H,4-5,8,10H2,1H3,(H,18,21)(H,19,23). The molecule has 2 aromatic heterocycles. The van der Waals surface area contributed by atoms with Crippen LogP contribution < -0.4 is 10.2 Å². The van der Waals surface area contributed by atoms with Gasteiger partial charge in [0.1, 0.15) is 5.52 Å². The highest BCUT2D eigenvalue weighted by Crippen LogP contribution is 2.33. The number of fused-ring (bicyclic) bond motifs is 1. The molecule has 1 aliphatic rings. The van der Waals surface area contributed by atoms with Crippen LogP contribution in [0.25, 0.3) is 11.1 Å². The van der Waals surface area contributed by atoms with Crippen LogP contribution in [-0.4, -0.2) is 34.2 Å². The number of hydrogen-bond acceptors (Lipinski definition) is 5. The van der Waals surface area contributed by atoms with Crippen LogP contribution >= 0.6 is 0 Å². The van der Waals surface area contributed by atoms with E-state index in [-0.39, 0.29) is 11.8 Å². The van der Waals surface area contributed by atoms with Gasteiger partial charge in [-0.2, -0.15) is 10.1 Å². The molecule has 1 saturated heterocycles. The Morgan fingerprint density at radius 1 is 1.42 bits per heavy atom. The normalized spacial score (nSPS) is 18.0. The van der Waals surface area contributed by atoms with Crippen molar-refractivity contribution >= 4 is 28.7 Å². The molecular weight excluding hydrogens is 306 g/mol. The number of oxazole rings is 1. The smallest absolute Gasteiger partial charge is 0.298 e. The highest BCUT2D eigenvalue weighted by molar-refractivity contribution is 5.89. The van der Waals surface area contributed by atoms with Crippen molar-refractivity contribution in [2.45, 2.75) is 25.7 Å². The first kappa shape index (κ1) is 14.7. The van der Waals surface area contributed by atoms with Gasteiger partial charge >= 0.3 is 0 Å². The SMILES string of the molecule is CC(=O)Nc1cn[nH]c1C1CCCN(c2nc3ccccc3o2)C1. The minimum Gasteiger partial charge on any atom is -0.423 e. The highest BCUT2D eigenvalue weighted by atomic mass is 16.4. The number of piperidine rings is 1. The minimum absolute atomic E-state index is 0.0933. The van der Waals surface area contributed by atoms with Gasteiger partial charge in [0.25, 0.3) is 6.01 Å². The predicted molar refractivity (Wildman–Crippen MR) is 91.1 cm³/mol. The number of nitrogens with zero attached hydrogens (tertiary/aromatic N) is 3. The molecule has 24 heavy (non-hydrogen) atoms. The Bertz CT molecular complexity index is 836. The number of aromatic amines is 1. The van der Waals surface area contributed by atoms with Gasteiger partial charge in [-0.3, -0.25) is 9.89 Å². The van der Waals surface area contributed by atoms with Crippen molar-refractivity contribution in [3.63, 3.8) is 0 Å². The van der Waals surface area contributed by atoms with Gasteiger partial charge in [0.2, 0.25) is 5.91 Å². The summed E-state index contributed by atoms with van der Waals surface area (Å²) in [4.78, 5) is 18.1. The summed E-state index contributed by atoms with van der Waals surface area (Å²) in [5.41, 5.74) is 3.39. The van der Waals surface area contributed by atoms with E-state index in [2.05, 4.69) is 25.4 Å². The maximum atomic E-state index is 11.3. The van der Waals surface area contributed by atoms with E-state index in [1.165, 1.54) is 6.92 Å². The van der Waals surface area contributed by atoms with Crippen LogP contribution in [0.4, 0.5) is 11.7 Å². The number of aromatic nitrogens is 3. The molecule has 124 valence electrons. The fourth-order valence-electron chi connectivity index (χ4n) is 3.28. The molecule has 3 heterocycles. The Balaban J connectivity index is 1.57. The van der Waals surface area contributed by atoms with Crippen LogP contribution in [0.15, 0.2) is 34.9 Å². The van der Waals surface area contributed by atoms with Gasteiger partial charge in [0, 0.05) is 25.9 Å². The fourth-order valence-corrected chi connectivity index (χ4v) is 3.28. The van der Waals surface area contributed by atoms with Crippen LogP contribution in [0.1, 0.15) is 31.4 Å². The molecule has 3 aromatic rings. The lowest BCUT2D eigenvalue weighted by atomic mass is 9.94. The van der Waals surface area contributed by atoms with Crippen molar-refractivity contribution in [2.24, 2.45) is 0 Å². The van der Waals surface area contributed by atoms with Crippen molar-refractivity contribution < 1.29 is 9.21 Å². The van der Waals surface area contributed by atoms with Gasteiger partial charge in [-0.25, -0.2) is 0 Å². The average molecular weight is 325 g/mol. The van der Waals surface area contributed by atoms with Crippen LogP contribution in [0, 0.1) is 0 Å². The molecule has 7 nitrogen and oxygen atoms in total. The Morgan fingerprint density at radius 2 is 2.29 bits per heavy atom. The molecule has 0 saturated carbocycles. The first-order valence-electron chi connectivity index (χ1n) is 8.12. The Hall–Kier alpha value is -2.83. The third-order valence-corrected chi connectivity index (χ3v) is 4.36. The first-order valence-corrected chi connectivity index (χ1v) is 8.12. The molecule has 1 aromatic carbocycles. The molecule has 1 fully saturated rings. The summed E-state index contributed by atoms with van der Waals surface area (Å²) in [5, 5.41) is 9.96. The van der Waals surface area contributed by atoms with Gasteiger partial charge in [-0.05, 0) is 25.0 Å². The van der Waals surface area contributed by atoms with Gasteiger partial charge in [-0.15, -0.1) is 0 Å². The zero-order valence-corrected chi connectivity index (χ0v) is 13.5. The molecule has 1 atom stereocenters. The van der Waals surface area contributed by atoms with E-state index in [0.717, 1.165) is 48.4 Å². The van der Waals surface area contributed by atoms with Gasteiger partial charge in [0.05, 0.1) is 17.6 Å². The fraction of sp³-hybridized carbons (Fsp3) is 0.353. The van der Waals surface area contributed by atoms with E-state index in [4.69, 9.17) is 4.42 Å². The Kier molecular flexibility index (Phi) is 3.68. The van der Waals surface area contributed by atoms with Crippen molar-refractivity contribution in [3.8, 4) is 0 Å². The van der Waals surface area contributed by atoms with Crippen LogP contribution in [-0.2, 0) is 4.79 Å². The Morgan fingerprint density at radius 3 is 3.12 bits per heavy atom. The molecule has 2 N–H and O–H groups in total. The number of benzene rings is 1. The summed E-state index contributed by atoms with van der Waals surface area (Å²) in [6, 6.07) is 8.44. The molecule has 1 aliphatic heterocycles. The van der Waals surface area contributed by atoms with Crippen molar-refractivity contribution in [1.82, 2.24) is 15.2 Å². The number of H-pyrrole nitrogens is 1. The summed E-state index contributed by atoms with van der Waals surface area (Å²) >= 11 is 0. The molecular formula is C17H19N5O2. The van der Waals surface area contributed by atoms with Crippen LogP contribution in [0.2, 0.25) is 0 Å². The van der Waals surface area contributed by atoms with E-state index in [1.807, 2.05) is 24.3 Å². The van der Waals surface area contributed by atoms with Crippen molar-refractivity contribution in [1.29, 1.82) is 0 Å². The largest absolute Gasteiger partial charge is 0.423 e. The summed E-state index contributed by atoms with van der Waals surface area (Å²) in [7, 11) is 0.